The van der Waals surface area contributed by atoms with Crippen LogP contribution < -0.4 is 10.6 Å². The molecule has 166 valence electrons. The Kier molecular flexibility index (Phi) is 10.9. The molecular weight excluding hydrogens is 491 g/mol. The summed E-state index contributed by atoms with van der Waals surface area (Å²) >= 11 is 0. The molecule has 1 aromatic carbocycles. The zero-order valence-corrected chi connectivity index (χ0v) is 21.2. The number of benzene rings is 1. The van der Waals surface area contributed by atoms with E-state index in [0.29, 0.717) is 12.5 Å². The van der Waals surface area contributed by atoms with Crippen LogP contribution in [0.15, 0.2) is 35.3 Å². The Morgan fingerprint density at radius 1 is 1.20 bits per heavy atom. The molecule has 0 saturated carbocycles. The number of nitrogens with zero attached hydrogens (tertiary/aromatic N) is 4. The first-order valence-electron chi connectivity index (χ1n) is 10.2. The lowest BCUT2D eigenvalue weighted by molar-refractivity contribution is -0.127. The van der Waals surface area contributed by atoms with Crippen molar-refractivity contribution in [1.29, 1.82) is 0 Å². The van der Waals surface area contributed by atoms with E-state index in [1.807, 2.05) is 29.9 Å². The molecule has 1 amide bonds. The number of aryl methyl sites for hydroxylation is 2. The fourth-order valence-corrected chi connectivity index (χ4v) is 3.23. The van der Waals surface area contributed by atoms with Crippen LogP contribution in [0.2, 0.25) is 0 Å². The van der Waals surface area contributed by atoms with Gasteiger partial charge >= 0.3 is 0 Å². The number of aliphatic imine (C=N–C) groups is 1. The fraction of sp³-hybridized carbons (Fsp3) is 0.500. The molecule has 1 atom stereocenters. The fourth-order valence-electron chi connectivity index (χ4n) is 3.23. The third kappa shape index (κ3) is 7.00. The number of hydrogen-bond acceptors (Lipinski definition) is 3. The van der Waals surface area contributed by atoms with Gasteiger partial charge < -0.3 is 15.5 Å². The zero-order valence-electron chi connectivity index (χ0n) is 18.9. The van der Waals surface area contributed by atoms with E-state index in [0.717, 1.165) is 24.1 Å². The van der Waals surface area contributed by atoms with E-state index in [9.17, 15) is 4.79 Å². The maximum atomic E-state index is 12.0. The SMILES string of the molecule is CCc1nn(C)c(CC)c1CN=C(NCC(=O)N(C)C)NC(C)c1ccccc1.I. The maximum absolute atomic E-state index is 12.0. The quantitative estimate of drug-likeness (QED) is 0.315. The molecule has 1 unspecified atom stereocenters. The van der Waals surface area contributed by atoms with Gasteiger partial charge in [-0.3, -0.25) is 9.48 Å². The first-order valence-corrected chi connectivity index (χ1v) is 10.2. The lowest BCUT2D eigenvalue weighted by atomic mass is 10.1. The first-order chi connectivity index (χ1) is 13.9. The van der Waals surface area contributed by atoms with Crippen LogP contribution in [-0.4, -0.2) is 47.2 Å². The van der Waals surface area contributed by atoms with E-state index < -0.39 is 0 Å². The van der Waals surface area contributed by atoms with Gasteiger partial charge in [-0.1, -0.05) is 44.2 Å². The highest BCUT2D eigenvalue weighted by Crippen LogP contribution is 2.17. The number of amides is 1. The topological polar surface area (TPSA) is 74.5 Å². The summed E-state index contributed by atoms with van der Waals surface area (Å²) in [6.07, 6.45) is 1.78. The Morgan fingerprint density at radius 3 is 2.43 bits per heavy atom. The van der Waals surface area contributed by atoms with Gasteiger partial charge in [0.25, 0.3) is 0 Å². The minimum absolute atomic E-state index is 0. The molecule has 1 heterocycles. The van der Waals surface area contributed by atoms with Crippen LogP contribution in [0.25, 0.3) is 0 Å². The van der Waals surface area contributed by atoms with E-state index in [2.05, 4.69) is 48.6 Å². The number of guanidine groups is 1. The van der Waals surface area contributed by atoms with Gasteiger partial charge in [-0.05, 0) is 25.3 Å². The van der Waals surface area contributed by atoms with E-state index >= 15 is 0 Å². The summed E-state index contributed by atoms with van der Waals surface area (Å²) < 4.78 is 1.95. The molecule has 1 aromatic heterocycles. The number of nitrogens with one attached hydrogen (secondary N) is 2. The molecule has 0 aliphatic carbocycles. The minimum Gasteiger partial charge on any atom is -0.350 e. The van der Waals surface area contributed by atoms with E-state index in [1.54, 1.807) is 19.0 Å². The van der Waals surface area contributed by atoms with Crippen molar-refractivity contribution in [2.24, 2.45) is 12.0 Å². The highest BCUT2D eigenvalue weighted by atomic mass is 127. The third-order valence-corrected chi connectivity index (χ3v) is 4.98. The second-order valence-corrected chi connectivity index (χ2v) is 7.29. The smallest absolute Gasteiger partial charge is 0.241 e. The van der Waals surface area contributed by atoms with Gasteiger partial charge in [0.05, 0.1) is 24.8 Å². The average Bonchev–Trinajstić information content (AvgIpc) is 3.04. The van der Waals surface area contributed by atoms with Gasteiger partial charge in [0.2, 0.25) is 5.91 Å². The highest BCUT2D eigenvalue weighted by Gasteiger charge is 2.15. The molecule has 2 aromatic rings. The molecule has 2 rings (SSSR count). The van der Waals surface area contributed by atoms with Crippen LogP contribution >= 0.6 is 24.0 Å². The van der Waals surface area contributed by atoms with Crippen molar-refractivity contribution in [3.63, 3.8) is 0 Å². The standard InChI is InChI=1S/C22H34N6O.HI/c1-7-19-18(20(8-2)28(6)26-19)14-23-22(24-15-21(29)27(4)5)25-16(3)17-12-10-9-11-13-17;/h9-13,16H,7-8,14-15H2,1-6H3,(H2,23,24,25);1H. The summed E-state index contributed by atoms with van der Waals surface area (Å²) in [5, 5.41) is 11.2. The Hall–Kier alpha value is -2.10. The lowest BCUT2D eigenvalue weighted by Crippen LogP contribution is -2.43. The maximum Gasteiger partial charge on any atom is 0.241 e. The average molecular weight is 526 g/mol. The Balaban J connectivity index is 0.00000450. The number of halogens is 1. The van der Waals surface area contributed by atoms with Gasteiger partial charge in [0, 0.05) is 32.4 Å². The Bertz CT molecular complexity index is 832. The summed E-state index contributed by atoms with van der Waals surface area (Å²) in [5.41, 5.74) is 4.61. The van der Waals surface area contributed by atoms with Gasteiger partial charge in [0.15, 0.2) is 5.96 Å². The van der Waals surface area contributed by atoms with Crippen LogP contribution in [0, 0.1) is 0 Å². The molecule has 0 fully saturated rings. The van der Waals surface area contributed by atoms with Gasteiger partial charge in [0.1, 0.15) is 0 Å². The van der Waals surface area contributed by atoms with Crippen molar-refractivity contribution in [2.75, 3.05) is 20.6 Å². The molecule has 0 aliphatic rings. The van der Waals surface area contributed by atoms with E-state index in [4.69, 9.17) is 4.99 Å². The predicted molar refractivity (Wildman–Crippen MR) is 133 cm³/mol. The molecule has 7 nitrogen and oxygen atoms in total. The lowest BCUT2D eigenvalue weighted by Gasteiger charge is -2.19. The molecule has 8 heteroatoms. The summed E-state index contributed by atoms with van der Waals surface area (Å²) in [4.78, 5) is 18.4. The number of likely N-dealkylation sites (N-methyl/N-ethyl adjacent to an activating group) is 1. The number of aromatic nitrogens is 2. The van der Waals surface area contributed by atoms with Crippen molar-refractivity contribution in [3.05, 3.63) is 52.8 Å². The van der Waals surface area contributed by atoms with Crippen LogP contribution in [0.5, 0.6) is 0 Å². The van der Waals surface area contributed by atoms with Crippen molar-refractivity contribution in [1.82, 2.24) is 25.3 Å². The van der Waals surface area contributed by atoms with Crippen molar-refractivity contribution >= 4 is 35.8 Å². The number of carbonyl (C=O) groups is 1. The molecule has 0 aliphatic heterocycles. The van der Waals surface area contributed by atoms with Gasteiger partial charge in [-0.15, -0.1) is 24.0 Å². The molecule has 0 radical (unpaired) electrons. The van der Waals surface area contributed by atoms with Crippen molar-refractivity contribution in [2.45, 2.75) is 46.2 Å². The van der Waals surface area contributed by atoms with Crippen LogP contribution in [0.1, 0.15) is 49.3 Å². The second kappa shape index (κ2) is 12.6. The van der Waals surface area contributed by atoms with Gasteiger partial charge in [-0.25, -0.2) is 4.99 Å². The second-order valence-electron chi connectivity index (χ2n) is 7.29. The zero-order chi connectivity index (χ0) is 21.4. The monoisotopic (exact) mass is 526 g/mol. The summed E-state index contributed by atoms with van der Waals surface area (Å²) in [7, 11) is 5.48. The van der Waals surface area contributed by atoms with E-state index in [-0.39, 0.29) is 42.5 Å². The molecule has 0 spiro atoms. The molecule has 2 N–H and O–H groups in total. The minimum atomic E-state index is -0.00302. The first kappa shape index (κ1) is 25.9. The predicted octanol–water partition coefficient (Wildman–Crippen LogP) is 3.05. The number of rotatable bonds is 8. The van der Waals surface area contributed by atoms with Crippen molar-refractivity contribution < 1.29 is 4.79 Å². The number of hydrogen-bond donors (Lipinski definition) is 2. The normalized spacial score (nSPS) is 12.1. The molecular formula is C22H35IN6O. The Morgan fingerprint density at radius 2 is 1.87 bits per heavy atom. The van der Waals surface area contributed by atoms with Gasteiger partial charge in [-0.2, -0.15) is 5.10 Å². The third-order valence-electron chi connectivity index (χ3n) is 4.98. The molecule has 0 saturated heterocycles. The van der Waals surface area contributed by atoms with Crippen LogP contribution in [0.3, 0.4) is 0 Å². The van der Waals surface area contributed by atoms with E-state index in [1.165, 1.54) is 11.3 Å². The largest absolute Gasteiger partial charge is 0.350 e. The highest BCUT2D eigenvalue weighted by molar-refractivity contribution is 14.0. The van der Waals surface area contributed by atoms with Crippen LogP contribution in [-0.2, 0) is 31.2 Å². The summed E-state index contributed by atoms with van der Waals surface area (Å²) in [6.45, 7) is 7.04. The summed E-state index contributed by atoms with van der Waals surface area (Å²) in [6, 6.07) is 10.2. The molecule has 30 heavy (non-hydrogen) atoms. The summed E-state index contributed by atoms with van der Waals surface area (Å²) in [5.74, 6) is 0.612. The van der Waals surface area contributed by atoms with Crippen molar-refractivity contribution in [3.8, 4) is 0 Å². The molecule has 0 bridgehead atoms. The van der Waals surface area contributed by atoms with Crippen LogP contribution in [0.4, 0.5) is 0 Å². The Labute approximate surface area is 197 Å². The number of carbonyl (C=O) groups excluding carboxylic acids is 1.